The molecule has 0 aromatic carbocycles. The highest BCUT2D eigenvalue weighted by atomic mass is 35.5. The van der Waals surface area contributed by atoms with Crippen LogP contribution in [0.3, 0.4) is 0 Å². The first-order valence-electron chi connectivity index (χ1n) is 5.99. The molecule has 1 aromatic heterocycles. The Morgan fingerprint density at radius 3 is 2.75 bits per heavy atom. The summed E-state index contributed by atoms with van der Waals surface area (Å²) in [5, 5.41) is 6.12. The quantitative estimate of drug-likeness (QED) is 0.895. The number of hydrogen-bond donors (Lipinski definition) is 2. The molecule has 1 aliphatic rings. The van der Waals surface area contributed by atoms with E-state index < -0.39 is 12.7 Å². The number of carbonyl (C=O) groups is 1. The third-order valence-corrected chi connectivity index (χ3v) is 3.09. The van der Waals surface area contributed by atoms with E-state index in [0.29, 0.717) is 12.8 Å². The van der Waals surface area contributed by atoms with Crippen LogP contribution < -0.4 is 11.1 Å². The zero-order valence-electron chi connectivity index (χ0n) is 10.6. The average molecular weight is 313 g/mol. The third-order valence-electron chi connectivity index (χ3n) is 3.09. The predicted molar refractivity (Wildman–Crippen MR) is 69.5 cm³/mol. The van der Waals surface area contributed by atoms with E-state index in [1.54, 1.807) is 0 Å². The van der Waals surface area contributed by atoms with Gasteiger partial charge in [0.15, 0.2) is 0 Å². The molecule has 2 unspecified atom stereocenters. The van der Waals surface area contributed by atoms with Crippen LogP contribution in [0.2, 0.25) is 0 Å². The second-order valence-electron chi connectivity index (χ2n) is 4.80. The molecule has 0 spiro atoms. The van der Waals surface area contributed by atoms with Crippen molar-refractivity contribution in [3.8, 4) is 0 Å². The van der Waals surface area contributed by atoms with Gasteiger partial charge in [0.05, 0.1) is 11.9 Å². The number of nitrogens with one attached hydrogen (secondary N) is 1. The molecule has 3 N–H and O–H groups in total. The first-order chi connectivity index (χ1) is 8.83. The number of rotatable bonds is 3. The van der Waals surface area contributed by atoms with Gasteiger partial charge < -0.3 is 11.1 Å². The van der Waals surface area contributed by atoms with E-state index in [0.717, 1.165) is 11.1 Å². The van der Waals surface area contributed by atoms with Crippen molar-refractivity contribution in [3.05, 3.63) is 12.4 Å². The molecular formula is C11H16ClF3N4O. The molecule has 20 heavy (non-hydrogen) atoms. The fourth-order valence-corrected chi connectivity index (χ4v) is 2.20. The summed E-state index contributed by atoms with van der Waals surface area (Å²) < 4.78 is 37.2. The maximum Gasteiger partial charge on any atom is 0.408 e. The van der Waals surface area contributed by atoms with Gasteiger partial charge in [-0.3, -0.25) is 9.48 Å². The van der Waals surface area contributed by atoms with Crippen LogP contribution in [0.25, 0.3) is 0 Å². The average Bonchev–Trinajstić information content (AvgIpc) is 2.85. The molecule has 5 nitrogen and oxygen atoms in total. The molecule has 2 atom stereocenters. The van der Waals surface area contributed by atoms with Gasteiger partial charge in [0.1, 0.15) is 6.54 Å². The normalized spacial score (nSPS) is 22.4. The van der Waals surface area contributed by atoms with Crippen LogP contribution in [0.5, 0.6) is 0 Å². The Morgan fingerprint density at radius 1 is 1.50 bits per heavy atom. The van der Waals surface area contributed by atoms with E-state index >= 15 is 0 Å². The summed E-state index contributed by atoms with van der Waals surface area (Å²) >= 11 is 0. The minimum absolute atomic E-state index is 0. The maximum absolute atomic E-state index is 12.1. The number of nitrogens with two attached hydrogens (primary N) is 1. The number of nitrogens with zero attached hydrogens (tertiary/aromatic N) is 2. The Kier molecular flexibility index (Phi) is 5.41. The first kappa shape index (κ1) is 16.8. The molecule has 1 heterocycles. The number of carbonyl (C=O) groups excluding carboxylic acids is 1. The number of aromatic nitrogens is 2. The van der Waals surface area contributed by atoms with Gasteiger partial charge in [-0.05, 0) is 19.3 Å². The van der Waals surface area contributed by atoms with Crippen molar-refractivity contribution in [3.63, 3.8) is 0 Å². The first-order valence-corrected chi connectivity index (χ1v) is 5.99. The Hall–Kier alpha value is -1.28. The number of anilines is 1. The van der Waals surface area contributed by atoms with Gasteiger partial charge in [-0.1, -0.05) is 0 Å². The van der Waals surface area contributed by atoms with E-state index in [1.807, 2.05) is 0 Å². The van der Waals surface area contributed by atoms with E-state index in [1.165, 1.54) is 12.4 Å². The van der Waals surface area contributed by atoms with Crippen molar-refractivity contribution < 1.29 is 18.0 Å². The van der Waals surface area contributed by atoms with Crippen LogP contribution >= 0.6 is 12.4 Å². The van der Waals surface area contributed by atoms with Crippen molar-refractivity contribution in [2.75, 3.05) is 5.32 Å². The van der Waals surface area contributed by atoms with Crippen LogP contribution in [0.4, 0.5) is 18.9 Å². The lowest BCUT2D eigenvalue weighted by Gasteiger charge is -2.09. The Bertz CT molecular complexity index is 463. The van der Waals surface area contributed by atoms with Gasteiger partial charge in [0, 0.05) is 18.2 Å². The van der Waals surface area contributed by atoms with Gasteiger partial charge in [0.2, 0.25) is 5.91 Å². The van der Waals surface area contributed by atoms with Gasteiger partial charge in [-0.15, -0.1) is 12.4 Å². The van der Waals surface area contributed by atoms with Gasteiger partial charge in [0.25, 0.3) is 0 Å². The van der Waals surface area contributed by atoms with Crippen LogP contribution in [0.15, 0.2) is 12.4 Å². The highest BCUT2D eigenvalue weighted by Gasteiger charge is 2.29. The van der Waals surface area contributed by atoms with Crippen LogP contribution in [-0.4, -0.2) is 27.9 Å². The molecule has 1 aromatic rings. The van der Waals surface area contributed by atoms with E-state index in [-0.39, 0.29) is 36.0 Å². The van der Waals surface area contributed by atoms with Crippen LogP contribution in [0.1, 0.15) is 19.3 Å². The lowest BCUT2D eigenvalue weighted by atomic mass is 10.1. The van der Waals surface area contributed by atoms with Crippen LogP contribution in [0, 0.1) is 5.92 Å². The topological polar surface area (TPSA) is 72.9 Å². The lowest BCUT2D eigenvalue weighted by Crippen LogP contribution is -2.23. The molecule has 9 heteroatoms. The minimum atomic E-state index is -4.33. The summed E-state index contributed by atoms with van der Waals surface area (Å²) in [6, 6.07) is 0.0312. The van der Waals surface area contributed by atoms with Crippen molar-refractivity contribution in [1.82, 2.24) is 9.78 Å². The second kappa shape index (κ2) is 6.45. The Labute approximate surface area is 120 Å². The second-order valence-corrected chi connectivity index (χ2v) is 4.80. The summed E-state index contributed by atoms with van der Waals surface area (Å²) in [7, 11) is 0. The third kappa shape index (κ3) is 4.68. The monoisotopic (exact) mass is 312 g/mol. The molecule has 114 valence electrons. The molecule has 1 amide bonds. The molecule has 0 radical (unpaired) electrons. The van der Waals surface area contributed by atoms with Crippen molar-refractivity contribution in [2.24, 2.45) is 11.7 Å². The summed E-state index contributed by atoms with van der Waals surface area (Å²) in [6.07, 6.45) is 0.169. The molecule has 1 fully saturated rings. The Balaban J connectivity index is 0.00000200. The van der Waals surface area contributed by atoms with Crippen LogP contribution in [-0.2, 0) is 11.3 Å². The van der Waals surface area contributed by atoms with Crippen molar-refractivity contribution in [2.45, 2.75) is 38.0 Å². The highest BCUT2D eigenvalue weighted by Crippen LogP contribution is 2.25. The molecule has 1 saturated carbocycles. The van der Waals surface area contributed by atoms with Gasteiger partial charge in [-0.2, -0.15) is 18.3 Å². The molecule has 0 saturated heterocycles. The van der Waals surface area contributed by atoms with E-state index in [4.69, 9.17) is 5.73 Å². The summed E-state index contributed by atoms with van der Waals surface area (Å²) in [5.41, 5.74) is 5.98. The zero-order chi connectivity index (χ0) is 14.0. The maximum atomic E-state index is 12.1. The highest BCUT2D eigenvalue weighted by molar-refractivity contribution is 5.92. The lowest BCUT2D eigenvalue weighted by molar-refractivity contribution is -0.142. The number of hydrogen-bond acceptors (Lipinski definition) is 3. The van der Waals surface area contributed by atoms with E-state index in [2.05, 4.69) is 10.4 Å². The van der Waals surface area contributed by atoms with E-state index in [9.17, 15) is 18.0 Å². The van der Waals surface area contributed by atoms with Gasteiger partial charge in [-0.25, -0.2) is 0 Å². The summed E-state index contributed by atoms with van der Waals surface area (Å²) in [5.74, 6) is -0.375. The molecular weight excluding hydrogens is 297 g/mol. The molecule has 0 aliphatic heterocycles. The standard InChI is InChI=1S/C11H15F3N4O.ClH/c12-11(13,14)6-18-5-9(4-16-18)17-10(19)7-1-2-8(15)3-7;/h4-5,7-8H,1-3,6,15H2,(H,17,19);1H. The summed E-state index contributed by atoms with van der Waals surface area (Å²) in [6.45, 7) is -1.17. The van der Waals surface area contributed by atoms with Gasteiger partial charge >= 0.3 is 6.18 Å². The number of alkyl halides is 3. The smallest absolute Gasteiger partial charge is 0.328 e. The molecule has 0 bridgehead atoms. The largest absolute Gasteiger partial charge is 0.408 e. The predicted octanol–water partition coefficient (Wildman–Crippen LogP) is 1.93. The summed E-state index contributed by atoms with van der Waals surface area (Å²) in [4.78, 5) is 11.8. The zero-order valence-corrected chi connectivity index (χ0v) is 11.4. The Morgan fingerprint density at radius 2 is 2.20 bits per heavy atom. The molecule has 1 aliphatic carbocycles. The molecule has 2 rings (SSSR count). The van der Waals surface area contributed by atoms with Crippen molar-refractivity contribution in [1.29, 1.82) is 0 Å². The minimum Gasteiger partial charge on any atom is -0.328 e. The fraction of sp³-hybridized carbons (Fsp3) is 0.636. The van der Waals surface area contributed by atoms with Crippen molar-refractivity contribution >= 4 is 24.0 Å². The number of amides is 1. The SMILES string of the molecule is Cl.NC1CCC(C(=O)Nc2cnn(CC(F)(F)F)c2)C1. The number of halogens is 4. The fourth-order valence-electron chi connectivity index (χ4n) is 2.20.